The molecule has 0 saturated heterocycles. The van der Waals surface area contributed by atoms with Gasteiger partial charge >= 0.3 is 5.97 Å². The first-order valence-corrected chi connectivity index (χ1v) is 5.93. The molecule has 0 aliphatic heterocycles. The topological polar surface area (TPSA) is 89.4 Å². The standard InChI is InChI=1S/C13H7ClN2O4/c14-10-9(4-5-19-10)12-16-15-11(20-12)7-2-1-3-8(6-7)13(17)18/h1-6H,(H,17,18). The zero-order valence-electron chi connectivity index (χ0n) is 9.91. The number of hydrogen-bond acceptors (Lipinski definition) is 5. The number of halogens is 1. The molecule has 7 heteroatoms. The molecule has 20 heavy (non-hydrogen) atoms. The van der Waals surface area contributed by atoms with Gasteiger partial charge in [0.1, 0.15) is 0 Å². The predicted octanol–water partition coefficient (Wildman–Crippen LogP) is 3.35. The summed E-state index contributed by atoms with van der Waals surface area (Å²) in [6, 6.07) is 7.83. The lowest BCUT2D eigenvalue weighted by Crippen LogP contribution is -1.95. The molecule has 100 valence electrons. The Hall–Kier alpha value is -2.60. The SMILES string of the molecule is O=C(O)c1cccc(-c2nnc(-c3ccoc3Cl)o2)c1. The summed E-state index contributed by atoms with van der Waals surface area (Å²) >= 11 is 5.82. The molecule has 0 aliphatic carbocycles. The molecule has 0 atom stereocenters. The molecule has 0 fully saturated rings. The van der Waals surface area contributed by atoms with E-state index in [0.717, 1.165) is 0 Å². The van der Waals surface area contributed by atoms with Crippen molar-refractivity contribution in [3.63, 3.8) is 0 Å². The van der Waals surface area contributed by atoms with Crippen molar-refractivity contribution >= 4 is 17.6 Å². The number of carboxylic acids is 1. The highest BCUT2D eigenvalue weighted by Crippen LogP contribution is 2.30. The number of aromatic carboxylic acids is 1. The lowest BCUT2D eigenvalue weighted by molar-refractivity contribution is 0.0697. The van der Waals surface area contributed by atoms with Crippen LogP contribution in [0.1, 0.15) is 10.4 Å². The van der Waals surface area contributed by atoms with Crippen LogP contribution in [0.5, 0.6) is 0 Å². The second kappa shape index (κ2) is 4.82. The highest BCUT2D eigenvalue weighted by atomic mass is 35.5. The molecule has 3 rings (SSSR count). The number of nitrogens with zero attached hydrogens (tertiary/aromatic N) is 2. The van der Waals surface area contributed by atoms with E-state index in [1.165, 1.54) is 18.4 Å². The summed E-state index contributed by atoms with van der Waals surface area (Å²) in [5, 5.41) is 16.8. The Labute approximate surface area is 117 Å². The summed E-state index contributed by atoms with van der Waals surface area (Å²) in [5.41, 5.74) is 1.15. The van der Waals surface area contributed by atoms with E-state index in [1.54, 1.807) is 18.2 Å². The average molecular weight is 291 g/mol. The third-order valence-electron chi connectivity index (χ3n) is 2.63. The van der Waals surface area contributed by atoms with Gasteiger partial charge in [-0.3, -0.25) is 0 Å². The maximum absolute atomic E-state index is 10.9. The fourth-order valence-corrected chi connectivity index (χ4v) is 1.88. The number of furan rings is 1. The summed E-state index contributed by atoms with van der Waals surface area (Å²) in [6.07, 6.45) is 1.41. The molecule has 0 radical (unpaired) electrons. The zero-order chi connectivity index (χ0) is 14.1. The average Bonchev–Trinajstić information content (AvgIpc) is 3.07. The van der Waals surface area contributed by atoms with E-state index in [9.17, 15) is 4.79 Å². The van der Waals surface area contributed by atoms with Crippen molar-refractivity contribution in [1.82, 2.24) is 10.2 Å². The van der Waals surface area contributed by atoms with Crippen LogP contribution in [0.15, 0.2) is 45.4 Å². The molecule has 0 aliphatic rings. The Kier molecular flexibility index (Phi) is 3.00. The third-order valence-corrected chi connectivity index (χ3v) is 2.92. The van der Waals surface area contributed by atoms with Crippen LogP contribution in [-0.4, -0.2) is 21.3 Å². The van der Waals surface area contributed by atoms with Gasteiger partial charge < -0.3 is 13.9 Å². The van der Waals surface area contributed by atoms with Crippen molar-refractivity contribution < 1.29 is 18.7 Å². The number of aromatic nitrogens is 2. The molecule has 1 aromatic carbocycles. The molecule has 3 aromatic rings. The van der Waals surface area contributed by atoms with E-state index in [4.69, 9.17) is 25.5 Å². The maximum atomic E-state index is 10.9. The largest absolute Gasteiger partial charge is 0.478 e. The number of carboxylic acid groups (broad SMARTS) is 1. The van der Waals surface area contributed by atoms with Gasteiger partial charge in [0.2, 0.25) is 11.1 Å². The molecule has 0 amide bonds. The number of benzene rings is 1. The fraction of sp³-hybridized carbons (Fsp3) is 0. The van der Waals surface area contributed by atoms with Gasteiger partial charge in [-0.05, 0) is 35.9 Å². The minimum Gasteiger partial charge on any atom is -0.478 e. The van der Waals surface area contributed by atoms with E-state index in [-0.39, 0.29) is 22.6 Å². The van der Waals surface area contributed by atoms with Gasteiger partial charge in [0.05, 0.1) is 17.4 Å². The Morgan fingerprint density at radius 3 is 2.70 bits per heavy atom. The van der Waals surface area contributed by atoms with Gasteiger partial charge in [-0.1, -0.05) is 6.07 Å². The molecule has 0 unspecified atom stereocenters. The van der Waals surface area contributed by atoms with Crippen LogP contribution < -0.4 is 0 Å². The molecule has 2 heterocycles. The highest BCUT2D eigenvalue weighted by Gasteiger charge is 2.16. The van der Waals surface area contributed by atoms with Crippen molar-refractivity contribution in [2.45, 2.75) is 0 Å². The van der Waals surface area contributed by atoms with Crippen LogP contribution in [-0.2, 0) is 0 Å². The summed E-state index contributed by atoms with van der Waals surface area (Å²) in [4.78, 5) is 10.9. The summed E-state index contributed by atoms with van der Waals surface area (Å²) < 4.78 is 10.4. The fourth-order valence-electron chi connectivity index (χ4n) is 1.68. The summed E-state index contributed by atoms with van der Waals surface area (Å²) in [7, 11) is 0. The van der Waals surface area contributed by atoms with Crippen molar-refractivity contribution in [2.75, 3.05) is 0 Å². The highest BCUT2D eigenvalue weighted by molar-refractivity contribution is 6.31. The van der Waals surface area contributed by atoms with Crippen LogP contribution in [0.25, 0.3) is 22.9 Å². The minimum atomic E-state index is -1.02. The number of rotatable bonds is 3. The Balaban J connectivity index is 2.00. The van der Waals surface area contributed by atoms with E-state index in [0.29, 0.717) is 11.1 Å². The minimum absolute atomic E-state index is 0.142. The second-order valence-electron chi connectivity index (χ2n) is 3.91. The number of carbonyl (C=O) groups is 1. The van der Waals surface area contributed by atoms with Gasteiger partial charge in [0.15, 0.2) is 0 Å². The van der Waals surface area contributed by atoms with Crippen LogP contribution in [0.2, 0.25) is 5.22 Å². The first kappa shape index (κ1) is 12.4. The van der Waals surface area contributed by atoms with Crippen LogP contribution in [0, 0.1) is 0 Å². The lowest BCUT2D eigenvalue weighted by Gasteiger charge is -1.97. The van der Waals surface area contributed by atoms with Crippen LogP contribution in [0.3, 0.4) is 0 Å². The molecule has 6 nitrogen and oxygen atoms in total. The molecule has 1 N–H and O–H groups in total. The molecule has 0 bridgehead atoms. The smallest absolute Gasteiger partial charge is 0.335 e. The number of hydrogen-bond donors (Lipinski definition) is 1. The first-order valence-electron chi connectivity index (χ1n) is 5.56. The third kappa shape index (κ3) is 2.17. The quantitative estimate of drug-likeness (QED) is 0.795. The van der Waals surface area contributed by atoms with Crippen LogP contribution in [0.4, 0.5) is 0 Å². The predicted molar refractivity (Wildman–Crippen MR) is 69.4 cm³/mol. The van der Waals surface area contributed by atoms with Gasteiger partial charge in [0, 0.05) is 5.56 Å². The zero-order valence-corrected chi connectivity index (χ0v) is 10.7. The normalized spacial score (nSPS) is 10.7. The molecule has 0 saturated carbocycles. The second-order valence-corrected chi connectivity index (χ2v) is 4.25. The van der Waals surface area contributed by atoms with Gasteiger partial charge in [-0.25, -0.2) is 4.79 Å². The van der Waals surface area contributed by atoms with E-state index in [2.05, 4.69) is 10.2 Å². The van der Waals surface area contributed by atoms with Crippen molar-refractivity contribution in [1.29, 1.82) is 0 Å². The molecule has 2 aromatic heterocycles. The van der Waals surface area contributed by atoms with E-state index in [1.807, 2.05) is 0 Å². The van der Waals surface area contributed by atoms with E-state index >= 15 is 0 Å². The molecular formula is C13H7ClN2O4. The maximum Gasteiger partial charge on any atom is 0.335 e. The summed E-state index contributed by atoms with van der Waals surface area (Å²) in [5.74, 6) is -0.607. The Morgan fingerprint density at radius 1 is 1.20 bits per heavy atom. The van der Waals surface area contributed by atoms with Crippen molar-refractivity contribution in [3.8, 4) is 22.9 Å². The van der Waals surface area contributed by atoms with E-state index < -0.39 is 5.97 Å². The van der Waals surface area contributed by atoms with Crippen molar-refractivity contribution in [3.05, 3.63) is 47.4 Å². The summed E-state index contributed by atoms with van der Waals surface area (Å²) in [6.45, 7) is 0. The van der Waals surface area contributed by atoms with Gasteiger partial charge in [0.25, 0.3) is 5.89 Å². The molecule has 0 spiro atoms. The van der Waals surface area contributed by atoms with Gasteiger partial charge in [-0.15, -0.1) is 10.2 Å². The monoisotopic (exact) mass is 290 g/mol. The Bertz CT molecular complexity index is 778. The van der Waals surface area contributed by atoms with Gasteiger partial charge in [-0.2, -0.15) is 0 Å². The Morgan fingerprint density at radius 2 is 2.00 bits per heavy atom. The molecular weight excluding hydrogens is 284 g/mol. The first-order chi connectivity index (χ1) is 9.65. The lowest BCUT2D eigenvalue weighted by atomic mass is 10.1. The van der Waals surface area contributed by atoms with Crippen LogP contribution >= 0.6 is 11.6 Å². The van der Waals surface area contributed by atoms with Crippen molar-refractivity contribution in [2.24, 2.45) is 0 Å².